The fourth-order valence-electron chi connectivity index (χ4n) is 12.1. The fraction of sp³-hybridized carbons (Fsp3) is 0.571. The maximum Gasteiger partial charge on any atom is 0.301 e. The maximum atomic E-state index is 16.5. The number of aromatic nitrogens is 5. The number of alkyl halides is 2. The quantitative estimate of drug-likeness (QED) is 0.124. The number of nitrogens with one attached hydrogen (secondary N) is 3. The summed E-state index contributed by atoms with van der Waals surface area (Å²) < 4.78 is 55.5. The van der Waals surface area contributed by atoms with Crippen LogP contribution in [0.25, 0.3) is 21.8 Å². The van der Waals surface area contributed by atoms with Crippen molar-refractivity contribution in [1.82, 2.24) is 34.5 Å². The van der Waals surface area contributed by atoms with Gasteiger partial charge in [-0.25, -0.2) is 18.2 Å². The number of aliphatic hydroxyl groups excluding tert-OH is 1. The van der Waals surface area contributed by atoms with Crippen molar-refractivity contribution in [2.75, 3.05) is 66.8 Å². The van der Waals surface area contributed by atoms with Gasteiger partial charge in [-0.05, 0) is 125 Å². The number of likely N-dealkylation sites (tertiary alicyclic amines) is 1. The first-order valence-electron chi connectivity index (χ1n) is 24.2. The molecule has 0 bridgehead atoms. The van der Waals surface area contributed by atoms with E-state index >= 15 is 13.2 Å². The summed E-state index contributed by atoms with van der Waals surface area (Å²) in [4.78, 5) is 41.7. The zero-order chi connectivity index (χ0) is 47.2. The van der Waals surface area contributed by atoms with Crippen molar-refractivity contribution in [3.05, 3.63) is 63.4 Å². The van der Waals surface area contributed by atoms with Crippen LogP contribution in [-0.4, -0.2) is 111 Å². The molecule has 8 heterocycles. The number of nitrogens with zero attached hydrogens (tertiary/aromatic N) is 8. The number of hydrogen-bond acceptors (Lipinski definition) is 12. The second-order valence-corrected chi connectivity index (χ2v) is 20.9. The Morgan fingerprint density at radius 1 is 0.971 bits per heavy atom. The number of carbonyl (C=O) groups is 1. The van der Waals surface area contributed by atoms with E-state index < -0.39 is 36.3 Å². The normalized spacial score (nSPS) is 26.3. The Hall–Kier alpha value is -5.33. The molecule has 362 valence electrons. The molecule has 3 aromatic heterocycles. The van der Waals surface area contributed by atoms with Crippen molar-refractivity contribution in [3.63, 3.8) is 0 Å². The van der Waals surface area contributed by atoms with Crippen molar-refractivity contribution < 1.29 is 27.8 Å². The molecule has 11 rings (SSSR count). The molecule has 1 saturated carbocycles. The molecule has 15 nitrogen and oxygen atoms in total. The molecule has 1 spiro atoms. The first kappa shape index (κ1) is 45.1. The zero-order valence-corrected chi connectivity index (χ0v) is 39.5. The topological polar surface area (TPSA) is 158 Å². The Morgan fingerprint density at radius 2 is 1.76 bits per heavy atom. The molecule has 5 atom stereocenters. The van der Waals surface area contributed by atoms with Crippen LogP contribution in [0.2, 0.25) is 5.02 Å². The van der Waals surface area contributed by atoms with Gasteiger partial charge < -0.3 is 45.1 Å². The molecular weight excluding hydrogens is 899 g/mol. The second kappa shape index (κ2) is 17.3. The highest BCUT2D eigenvalue weighted by Gasteiger charge is 2.51. The summed E-state index contributed by atoms with van der Waals surface area (Å²) in [6.07, 6.45) is 10.1. The highest BCUT2D eigenvalue weighted by Crippen LogP contribution is 2.48. The third-order valence-electron chi connectivity index (χ3n) is 16.1. The van der Waals surface area contributed by atoms with E-state index in [4.69, 9.17) is 21.3 Å². The summed E-state index contributed by atoms with van der Waals surface area (Å²) in [5, 5.41) is 25.9. The maximum absolute atomic E-state index is 16.5. The number of pyridine rings is 1. The first-order chi connectivity index (χ1) is 32.6. The minimum Gasteiger partial charge on any atom is -0.480 e. The van der Waals surface area contributed by atoms with E-state index in [1.807, 2.05) is 24.3 Å². The van der Waals surface area contributed by atoms with Crippen molar-refractivity contribution in [1.29, 1.82) is 0 Å². The van der Waals surface area contributed by atoms with Gasteiger partial charge in [0.1, 0.15) is 16.8 Å². The molecule has 1 aliphatic carbocycles. The molecule has 0 radical (unpaired) electrons. The minimum atomic E-state index is -3.14. The summed E-state index contributed by atoms with van der Waals surface area (Å²) in [5.74, 6) is -2.92. The molecule has 5 fully saturated rings. The highest BCUT2D eigenvalue weighted by molar-refractivity contribution is 6.33. The molecule has 5 aromatic rings. The number of carbonyl (C=O) groups excluding carboxylic acids is 1. The number of aliphatic hydroxyl groups is 1. The molecular formula is C49H59ClF3N11O4. The lowest BCUT2D eigenvalue weighted by atomic mass is 9.67. The molecule has 3 unspecified atom stereocenters. The van der Waals surface area contributed by atoms with Crippen LogP contribution < -0.4 is 36.0 Å². The van der Waals surface area contributed by atoms with E-state index in [0.29, 0.717) is 93.3 Å². The Labute approximate surface area is 397 Å². The van der Waals surface area contributed by atoms with Crippen LogP contribution in [0, 0.1) is 23.1 Å². The van der Waals surface area contributed by atoms with Crippen LogP contribution >= 0.6 is 11.6 Å². The summed E-state index contributed by atoms with van der Waals surface area (Å²) >= 11 is 6.71. The van der Waals surface area contributed by atoms with Crippen molar-refractivity contribution in [2.24, 2.45) is 31.3 Å². The number of piperidine rings is 4. The van der Waals surface area contributed by atoms with Gasteiger partial charge in [0.25, 0.3) is 5.56 Å². The van der Waals surface area contributed by atoms with Gasteiger partial charge >= 0.3 is 5.92 Å². The number of anilines is 5. The van der Waals surface area contributed by atoms with Gasteiger partial charge in [0.15, 0.2) is 18.2 Å². The number of rotatable bonds is 8. The number of amides is 1. The first-order valence-corrected chi connectivity index (χ1v) is 24.6. The lowest BCUT2D eigenvalue weighted by Gasteiger charge is -2.50. The molecule has 4 N–H and O–H groups in total. The standard InChI is InChI=1S/C49H59ClF3N11O4/c1-60-18-14-48(23-30(60)21-27-5-4-17-64(25-27)36-12-9-31-39(59-62(3)41(31)38(36)51)32-10-13-37(65)56-45(32)66)15-19-63(20-16-48)47-54-24-34(50)44(58-47)55-29-8-11-35-33(22-29)40-42(46(67)61(35)2)68-26-49(52,53)43(57-40)28-6-7-28/h8-9,11-12,22,24,27-28,30,32,43,45,57,66H,4-7,10,13-21,23,25-26H2,1-3H3,(H,56,65)(H,54,55,58)/t27-,30?,32?,43+,45?/m1/s1. The van der Waals surface area contributed by atoms with Crippen molar-refractivity contribution >= 4 is 68.1 Å². The largest absolute Gasteiger partial charge is 0.480 e. The van der Waals surface area contributed by atoms with Gasteiger partial charge in [0.05, 0.1) is 34.8 Å². The van der Waals surface area contributed by atoms with Gasteiger partial charge in [0.2, 0.25) is 17.6 Å². The smallest absolute Gasteiger partial charge is 0.301 e. The second-order valence-electron chi connectivity index (χ2n) is 20.5. The Morgan fingerprint density at radius 3 is 2.54 bits per heavy atom. The van der Waals surface area contributed by atoms with Gasteiger partial charge in [-0.3, -0.25) is 14.3 Å². The van der Waals surface area contributed by atoms with Gasteiger partial charge in [-0.2, -0.15) is 10.1 Å². The molecule has 4 saturated heterocycles. The number of hydrogen-bond donors (Lipinski definition) is 4. The lowest BCUT2D eigenvalue weighted by Crippen LogP contribution is -2.51. The number of aryl methyl sites for hydroxylation is 2. The summed E-state index contributed by atoms with van der Waals surface area (Å²) in [5.41, 5.74) is 2.79. The van der Waals surface area contributed by atoms with E-state index in [1.165, 1.54) is 4.57 Å². The molecule has 19 heteroatoms. The van der Waals surface area contributed by atoms with Gasteiger partial charge in [0, 0.05) is 75.1 Å². The van der Waals surface area contributed by atoms with Crippen LogP contribution in [0.3, 0.4) is 0 Å². The predicted molar refractivity (Wildman–Crippen MR) is 256 cm³/mol. The monoisotopic (exact) mass is 957 g/mol. The Kier molecular flexibility index (Phi) is 11.5. The van der Waals surface area contributed by atoms with Crippen LogP contribution in [0.15, 0.2) is 41.3 Å². The predicted octanol–water partition coefficient (Wildman–Crippen LogP) is 7.27. The third kappa shape index (κ3) is 8.16. The van der Waals surface area contributed by atoms with E-state index in [-0.39, 0.29) is 34.5 Å². The number of fused-ring (bicyclic) bond motifs is 4. The molecule has 1 amide bonds. The fourth-order valence-corrected chi connectivity index (χ4v) is 12.2. The number of benzene rings is 2. The summed E-state index contributed by atoms with van der Waals surface area (Å²) in [6.45, 7) is 3.32. The average molecular weight is 959 g/mol. The van der Waals surface area contributed by atoms with Gasteiger partial charge in [-0.15, -0.1) is 0 Å². The molecule has 68 heavy (non-hydrogen) atoms. The average Bonchev–Trinajstić information content (AvgIpc) is 4.12. The zero-order valence-electron chi connectivity index (χ0n) is 38.7. The van der Waals surface area contributed by atoms with E-state index in [9.17, 15) is 14.7 Å². The van der Waals surface area contributed by atoms with Crippen LogP contribution in [0.5, 0.6) is 5.75 Å². The van der Waals surface area contributed by atoms with Crippen LogP contribution in [-0.2, 0) is 18.9 Å². The minimum absolute atomic E-state index is 0.110. The van der Waals surface area contributed by atoms with E-state index in [0.717, 1.165) is 77.7 Å². The Balaban J connectivity index is 0.751. The summed E-state index contributed by atoms with van der Waals surface area (Å²) in [6, 6.07) is 8.47. The molecule has 5 aliphatic heterocycles. The Bertz CT molecular complexity index is 2850. The third-order valence-corrected chi connectivity index (χ3v) is 16.4. The van der Waals surface area contributed by atoms with Crippen LogP contribution in [0.4, 0.5) is 42.0 Å². The van der Waals surface area contributed by atoms with Crippen molar-refractivity contribution in [2.45, 2.75) is 101 Å². The van der Waals surface area contributed by atoms with Crippen molar-refractivity contribution in [3.8, 4) is 5.75 Å². The highest BCUT2D eigenvalue weighted by atomic mass is 35.5. The molecule has 2 aromatic carbocycles. The van der Waals surface area contributed by atoms with Crippen LogP contribution in [0.1, 0.15) is 82.2 Å². The SMILES string of the molecule is CN1CCC2(CCN(c3ncc(Cl)c(Nc4ccc5c(c4)c4c(c(=O)n5C)OCC(F)(F)[C@H](C5CC5)N4)n3)CC2)CC1C[C@H]1CCCN(c2ccc3c(C4CCC(=O)NC4O)nn(C)c3c2F)C1. The molecule has 6 aliphatic rings. The van der Waals surface area contributed by atoms with Gasteiger partial charge in [-0.1, -0.05) is 11.6 Å². The van der Waals surface area contributed by atoms with E-state index in [2.05, 4.69) is 47.8 Å². The summed E-state index contributed by atoms with van der Waals surface area (Å²) in [7, 11) is 5.59. The lowest BCUT2D eigenvalue weighted by molar-refractivity contribution is -0.127. The van der Waals surface area contributed by atoms with E-state index in [1.54, 1.807) is 31.0 Å². The number of ether oxygens (including phenoxy) is 1. The number of halogens is 4.